The van der Waals surface area contributed by atoms with Gasteiger partial charge in [0.15, 0.2) is 11.6 Å². The highest BCUT2D eigenvalue weighted by atomic mass is 32.2. The molecule has 1 fully saturated rings. The van der Waals surface area contributed by atoms with Crippen LogP contribution in [0.15, 0.2) is 47.4 Å². The molecular weight excluding hydrogens is 445 g/mol. The smallest absolute Gasteiger partial charge is 0.406 e. The topological polar surface area (TPSA) is 70.7 Å². The van der Waals surface area contributed by atoms with Gasteiger partial charge in [0.25, 0.3) is 0 Å². The van der Waals surface area contributed by atoms with Gasteiger partial charge in [-0.15, -0.1) is 13.2 Å². The van der Waals surface area contributed by atoms with E-state index in [0.717, 1.165) is 36.4 Å². The fourth-order valence-corrected chi connectivity index (χ4v) is 4.38. The highest BCUT2D eigenvalue weighted by Gasteiger charge is 2.31. The Bertz CT molecular complexity index is 994. The van der Waals surface area contributed by atoms with Gasteiger partial charge < -0.3 is 10.1 Å². The minimum absolute atomic E-state index is 0.196. The summed E-state index contributed by atoms with van der Waals surface area (Å²) in [6.45, 7) is 2.84. The van der Waals surface area contributed by atoms with Crippen LogP contribution in [0, 0.1) is 11.6 Å². The summed E-state index contributed by atoms with van der Waals surface area (Å²) in [5, 5.41) is 3.16. The summed E-state index contributed by atoms with van der Waals surface area (Å²) < 4.78 is 95.9. The molecule has 0 unspecified atom stereocenters. The predicted molar refractivity (Wildman–Crippen MR) is 102 cm³/mol. The lowest BCUT2D eigenvalue weighted by molar-refractivity contribution is -0.274. The Morgan fingerprint density at radius 2 is 1.68 bits per heavy atom. The standard InChI is InChI=1S/C19H20F5N3O3S/c20-16-6-1-13(11-17(16)21)18(12-27-9-7-25-8-10-27)26-31(28,29)15-4-2-14(3-5-15)30-19(22,23)24/h1-6,11,18,25-26H,7-10,12H2/t18-/m1/s1. The highest BCUT2D eigenvalue weighted by Crippen LogP contribution is 2.25. The number of hydrogen-bond donors (Lipinski definition) is 2. The molecule has 1 atom stereocenters. The van der Waals surface area contributed by atoms with Crippen molar-refractivity contribution in [1.29, 1.82) is 0 Å². The molecule has 12 heteroatoms. The summed E-state index contributed by atoms with van der Waals surface area (Å²) in [5.41, 5.74) is 0.220. The molecule has 0 saturated carbocycles. The van der Waals surface area contributed by atoms with Crippen LogP contribution in [-0.4, -0.2) is 52.4 Å². The number of hydrogen-bond acceptors (Lipinski definition) is 5. The Hall–Kier alpha value is -2.28. The molecule has 0 spiro atoms. The van der Waals surface area contributed by atoms with Crippen molar-refractivity contribution in [3.63, 3.8) is 0 Å². The van der Waals surface area contributed by atoms with Crippen molar-refractivity contribution in [3.05, 3.63) is 59.7 Å². The molecule has 0 aromatic heterocycles. The number of sulfonamides is 1. The zero-order chi connectivity index (χ0) is 22.6. The first-order chi connectivity index (χ1) is 14.5. The zero-order valence-electron chi connectivity index (χ0n) is 16.1. The summed E-state index contributed by atoms with van der Waals surface area (Å²) in [5.74, 6) is -2.74. The van der Waals surface area contributed by atoms with Gasteiger partial charge in [0.1, 0.15) is 5.75 Å². The van der Waals surface area contributed by atoms with E-state index >= 15 is 0 Å². The van der Waals surface area contributed by atoms with Crippen molar-refractivity contribution in [1.82, 2.24) is 14.9 Å². The van der Waals surface area contributed by atoms with E-state index in [2.05, 4.69) is 14.8 Å². The minimum Gasteiger partial charge on any atom is -0.406 e. The average Bonchev–Trinajstić information content (AvgIpc) is 2.69. The Labute approximate surface area is 176 Å². The van der Waals surface area contributed by atoms with Gasteiger partial charge in [0.2, 0.25) is 10.0 Å². The first kappa shape index (κ1) is 23.4. The molecule has 1 saturated heterocycles. The van der Waals surface area contributed by atoms with Crippen LogP contribution in [0.3, 0.4) is 0 Å². The molecule has 0 aliphatic carbocycles. The van der Waals surface area contributed by atoms with Crippen LogP contribution >= 0.6 is 0 Å². The SMILES string of the molecule is O=S(=O)(N[C@H](CN1CCNCC1)c1ccc(F)c(F)c1)c1ccc(OC(F)(F)F)cc1. The van der Waals surface area contributed by atoms with E-state index in [4.69, 9.17) is 0 Å². The summed E-state index contributed by atoms with van der Waals surface area (Å²) in [6.07, 6.45) is -4.90. The molecule has 1 aliphatic rings. The molecule has 170 valence electrons. The van der Waals surface area contributed by atoms with Crippen molar-refractivity contribution >= 4 is 10.0 Å². The molecule has 1 heterocycles. The van der Waals surface area contributed by atoms with E-state index in [1.165, 1.54) is 6.07 Å². The number of piperazine rings is 1. The highest BCUT2D eigenvalue weighted by molar-refractivity contribution is 7.89. The van der Waals surface area contributed by atoms with E-state index in [9.17, 15) is 30.4 Å². The van der Waals surface area contributed by atoms with Crippen molar-refractivity contribution in [2.24, 2.45) is 0 Å². The first-order valence-electron chi connectivity index (χ1n) is 9.30. The van der Waals surface area contributed by atoms with Crippen LogP contribution in [0.2, 0.25) is 0 Å². The van der Waals surface area contributed by atoms with Crippen molar-refractivity contribution < 1.29 is 35.1 Å². The lowest BCUT2D eigenvalue weighted by Gasteiger charge is -2.31. The third kappa shape index (κ3) is 6.60. The van der Waals surface area contributed by atoms with Gasteiger partial charge in [0, 0.05) is 32.7 Å². The van der Waals surface area contributed by atoms with Gasteiger partial charge in [-0.1, -0.05) is 6.07 Å². The monoisotopic (exact) mass is 465 g/mol. The van der Waals surface area contributed by atoms with Crippen molar-refractivity contribution in [3.8, 4) is 5.75 Å². The van der Waals surface area contributed by atoms with Gasteiger partial charge >= 0.3 is 6.36 Å². The maximum atomic E-state index is 13.8. The molecule has 1 aliphatic heterocycles. The summed E-state index contributed by atoms with van der Waals surface area (Å²) >= 11 is 0. The van der Waals surface area contributed by atoms with Gasteiger partial charge in [-0.25, -0.2) is 21.9 Å². The van der Waals surface area contributed by atoms with E-state index in [0.29, 0.717) is 26.2 Å². The summed E-state index contributed by atoms with van der Waals surface area (Å²) in [4.78, 5) is 1.67. The number of benzene rings is 2. The van der Waals surface area contributed by atoms with E-state index in [1.807, 2.05) is 4.90 Å². The Kier molecular flexibility index (Phi) is 7.14. The van der Waals surface area contributed by atoms with Crippen LogP contribution < -0.4 is 14.8 Å². The second-order valence-electron chi connectivity index (χ2n) is 6.92. The predicted octanol–water partition coefficient (Wildman–Crippen LogP) is 2.79. The largest absolute Gasteiger partial charge is 0.573 e. The molecule has 0 amide bonds. The molecule has 0 radical (unpaired) electrons. The number of nitrogens with one attached hydrogen (secondary N) is 2. The van der Waals surface area contributed by atoms with Crippen LogP contribution in [0.4, 0.5) is 22.0 Å². The third-order valence-corrected chi connectivity index (χ3v) is 6.15. The molecular formula is C19H20F5N3O3S. The van der Waals surface area contributed by atoms with Gasteiger partial charge in [-0.05, 0) is 42.0 Å². The number of rotatable bonds is 7. The average molecular weight is 465 g/mol. The fourth-order valence-electron chi connectivity index (χ4n) is 3.17. The van der Waals surface area contributed by atoms with E-state index < -0.39 is 39.8 Å². The van der Waals surface area contributed by atoms with Crippen molar-refractivity contribution in [2.75, 3.05) is 32.7 Å². The Morgan fingerprint density at radius 1 is 1.03 bits per heavy atom. The minimum atomic E-state index is -4.90. The third-order valence-electron chi connectivity index (χ3n) is 4.66. The van der Waals surface area contributed by atoms with Crippen molar-refractivity contribution in [2.45, 2.75) is 17.3 Å². The molecule has 0 bridgehead atoms. The zero-order valence-corrected chi connectivity index (χ0v) is 16.9. The van der Waals surface area contributed by atoms with Gasteiger partial charge in [0.05, 0.1) is 10.9 Å². The van der Waals surface area contributed by atoms with Crippen LogP contribution in [0.25, 0.3) is 0 Å². The molecule has 2 N–H and O–H groups in total. The second kappa shape index (κ2) is 9.47. The van der Waals surface area contributed by atoms with Crippen LogP contribution in [0.5, 0.6) is 5.75 Å². The number of nitrogens with zero attached hydrogens (tertiary/aromatic N) is 1. The summed E-state index contributed by atoms with van der Waals surface area (Å²) in [7, 11) is -4.19. The lowest BCUT2D eigenvalue weighted by Crippen LogP contribution is -2.47. The number of alkyl halides is 3. The molecule has 2 aromatic carbocycles. The normalized spacial score (nSPS) is 16.8. The Balaban J connectivity index is 1.83. The second-order valence-corrected chi connectivity index (χ2v) is 8.63. The molecule has 6 nitrogen and oxygen atoms in total. The number of halogens is 5. The van der Waals surface area contributed by atoms with E-state index in [-0.39, 0.29) is 17.0 Å². The lowest BCUT2D eigenvalue weighted by atomic mass is 10.1. The van der Waals surface area contributed by atoms with Gasteiger partial charge in [-0.3, -0.25) is 4.90 Å². The van der Waals surface area contributed by atoms with E-state index in [1.54, 1.807) is 0 Å². The quantitative estimate of drug-likeness (QED) is 0.616. The number of ether oxygens (including phenoxy) is 1. The maximum Gasteiger partial charge on any atom is 0.573 e. The summed E-state index contributed by atoms with van der Waals surface area (Å²) in [6, 6.07) is 5.90. The van der Waals surface area contributed by atoms with Crippen LogP contribution in [0.1, 0.15) is 11.6 Å². The first-order valence-corrected chi connectivity index (χ1v) is 10.8. The molecule has 2 aromatic rings. The van der Waals surface area contributed by atoms with Crippen LogP contribution in [-0.2, 0) is 10.0 Å². The maximum absolute atomic E-state index is 13.8. The van der Waals surface area contributed by atoms with Gasteiger partial charge in [-0.2, -0.15) is 0 Å². The molecule has 3 rings (SSSR count). The molecule has 31 heavy (non-hydrogen) atoms. The fraction of sp³-hybridized carbons (Fsp3) is 0.368. The Morgan fingerprint density at radius 3 is 2.26 bits per heavy atom.